The molecule has 10 rings (SSSR count). The Balaban J connectivity index is 0.000000231. The fourth-order valence-corrected chi connectivity index (χ4v) is 35.5. The quantitative estimate of drug-likeness (QED) is 0.0639. The monoisotopic (exact) mass is 1920 g/mol. The number of pyridine rings is 5. The van der Waals surface area contributed by atoms with Crippen LogP contribution in [0.1, 0.15) is 238 Å². The molecule has 0 amide bonds. The molecule has 119 heavy (non-hydrogen) atoms. The second-order valence-corrected chi connectivity index (χ2v) is 97.5. The van der Waals surface area contributed by atoms with Crippen LogP contribution in [0.25, 0.3) is 56.3 Å². The van der Waals surface area contributed by atoms with E-state index in [9.17, 15) is 0 Å². The van der Waals surface area contributed by atoms with Gasteiger partial charge in [0.05, 0.1) is 0 Å². The van der Waals surface area contributed by atoms with Gasteiger partial charge in [0.15, 0.2) is 0 Å². The van der Waals surface area contributed by atoms with Crippen molar-refractivity contribution in [2.24, 2.45) is 41.2 Å². The first-order valence-corrected chi connectivity index (χ1v) is 81.8. The number of aryl methyl sites for hydroxylation is 12. The summed E-state index contributed by atoms with van der Waals surface area (Å²) in [6.07, 6.45) is 13.0. The van der Waals surface area contributed by atoms with Crippen molar-refractivity contribution in [1.29, 1.82) is 0 Å². The Morgan fingerprint density at radius 2 is 0.546 bits per heavy atom. The van der Waals surface area contributed by atoms with Gasteiger partial charge in [0.1, 0.15) is 0 Å². The SMILES string of the molecule is Cc1cc(C(C)(C)C)ccc1-c1c[c]([Ge]([CH3])([CH3])[CH3])c(C)c[n+]1C.Cc1ccc(C(C)(C)C)cc1-c1c[c]([Ge]([CH3])([CH3])[CH3])c(C(C)C)c[n+]1C.Cc1ccc(C(C)C)cc1-c1c[c]([Ge]([CH3])([CH3])[CH3])c(C(C)C)c[n+]1C.Cc1ccc(C)c(-c2c[c]([Ge]([CH3])([CH3])[CH3])c(C(C)C)c[n+]2C)c1.Cc1ccc(CC(C)C)cc1-c1c[c]([Ge]([CH3])([CH3])[CH3])c(C(C)C)c[n+]1C. The van der Waals surface area contributed by atoms with Gasteiger partial charge < -0.3 is 0 Å². The normalized spacial score (nSPS) is 12.4. The Morgan fingerprint density at radius 1 is 0.261 bits per heavy atom. The van der Waals surface area contributed by atoms with Crippen molar-refractivity contribution in [2.45, 2.75) is 306 Å². The van der Waals surface area contributed by atoms with Gasteiger partial charge in [-0.15, -0.1) is 0 Å². The van der Waals surface area contributed by atoms with E-state index in [1.807, 2.05) is 0 Å². The zero-order chi connectivity index (χ0) is 90.6. The first kappa shape index (κ1) is 102. The van der Waals surface area contributed by atoms with E-state index in [0.717, 1.165) is 6.42 Å². The molecule has 0 bridgehead atoms. The molecule has 0 aliphatic carbocycles. The summed E-state index contributed by atoms with van der Waals surface area (Å²) in [7, 11) is 10.9. The summed E-state index contributed by atoms with van der Waals surface area (Å²) in [5, 5.41) is 0. The second kappa shape index (κ2) is 40.7. The van der Waals surface area contributed by atoms with Crippen molar-refractivity contribution < 1.29 is 22.8 Å². The number of aromatic nitrogens is 5. The van der Waals surface area contributed by atoms with Crippen LogP contribution in [0.4, 0.5) is 0 Å². The third-order valence-electron chi connectivity index (χ3n) is 24.1. The maximum absolute atomic E-state index is 2.51. The molecule has 0 saturated carbocycles. The molecule has 10 heteroatoms. The summed E-state index contributed by atoms with van der Waals surface area (Å²) in [6.45, 7) is 56.9. The predicted octanol–water partition coefficient (Wildman–Crippen LogP) is 25.2. The van der Waals surface area contributed by atoms with Gasteiger partial charge >= 0.3 is 751 Å². The molecule has 0 unspecified atom stereocenters. The first-order valence-electron chi connectivity index (χ1n) is 45.0. The van der Waals surface area contributed by atoms with Crippen LogP contribution in [0.2, 0.25) is 86.3 Å². The summed E-state index contributed by atoms with van der Waals surface area (Å²) in [5.41, 5.74) is 35.4. The summed E-state index contributed by atoms with van der Waals surface area (Å²) in [4.78, 5) is 0. The average molecular weight is 1910 g/mol. The van der Waals surface area contributed by atoms with Crippen molar-refractivity contribution in [3.8, 4) is 56.3 Å². The van der Waals surface area contributed by atoms with E-state index in [-0.39, 0.29) is 10.8 Å². The topological polar surface area (TPSA) is 19.4 Å². The molecule has 0 fully saturated rings. The third kappa shape index (κ3) is 27.0. The Kier molecular flexibility index (Phi) is 35.0. The van der Waals surface area contributed by atoms with E-state index >= 15 is 0 Å². The molecule has 5 aromatic heterocycles. The van der Waals surface area contributed by atoms with Crippen LogP contribution >= 0.6 is 0 Å². The van der Waals surface area contributed by atoms with Gasteiger partial charge in [-0.05, 0) is 0 Å². The van der Waals surface area contributed by atoms with E-state index in [1.54, 1.807) is 22.0 Å². The fourth-order valence-electron chi connectivity index (χ4n) is 16.7. The van der Waals surface area contributed by atoms with E-state index in [4.69, 9.17) is 0 Å². The van der Waals surface area contributed by atoms with Gasteiger partial charge in [-0.1, -0.05) is 0 Å². The van der Waals surface area contributed by atoms with Crippen LogP contribution in [0, 0.1) is 54.4 Å². The molecule has 644 valence electrons. The molecule has 5 nitrogen and oxygen atoms in total. The van der Waals surface area contributed by atoms with E-state index in [0.29, 0.717) is 35.5 Å². The molecule has 0 N–H and O–H groups in total. The first-order chi connectivity index (χ1) is 54.4. The molecule has 0 aliphatic heterocycles. The number of hydrogen-bond donors (Lipinski definition) is 0. The van der Waals surface area contributed by atoms with Crippen molar-refractivity contribution >= 4 is 88.3 Å². The predicted molar refractivity (Wildman–Crippen MR) is 540 cm³/mol. The fraction of sp³-hybridized carbons (Fsp3) is 0.495. The summed E-state index contributed by atoms with van der Waals surface area (Å²) >= 11 is -9.59. The number of rotatable bonds is 17. The molecule has 0 spiro atoms. The molecule has 0 atom stereocenters. The van der Waals surface area contributed by atoms with Crippen LogP contribution in [-0.2, 0) is 52.5 Å². The van der Waals surface area contributed by atoms with Crippen LogP contribution in [0.15, 0.2) is 152 Å². The number of nitrogens with zero attached hydrogens (tertiary/aromatic N) is 5. The van der Waals surface area contributed by atoms with Crippen molar-refractivity contribution in [1.82, 2.24) is 0 Å². The second-order valence-electron chi connectivity index (χ2n) is 44.6. The molecular weight excluding hydrogens is 1740 g/mol. The van der Waals surface area contributed by atoms with Gasteiger partial charge in [0.25, 0.3) is 0 Å². The van der Waals surface area contributed by atoms with Gasteiger partial charge in [0.2, 0.25) is 0 Å². The Bertz CT molecular complexity index is 5190. The zero-order valence-electron chi connectivity index (χ0n) is 84.3. The summed E-state index contributed by atoms with van der Waals surface area (Å²) in [5.74, 6) is 41.0. The molecule has 5 heterocycles. The van der Waals surface area contributed by atoms with Crippen LogP contribution in [-0.4, -0.2) is 66.3 Å². The van der Waals surface area contributed by atoms with Gasteiger partial charge in [-0.25, -0.2) is 0 Å². The third-order valence-corrected chi connectivity index (χ3v) is 45.8. The van der Waals surface area contributed by atoms with Crippen molar-refractivity contribution in [3.05, 3.63) is 236 Å². The van der Waals surface area contributed by atoms with Crippen LogP contribution < -0.4 is 44.8 Å². The Morgan fingerprint density at radius 3 is 0.874 bits per heavy atom. The van der Waals surface area contributed by atoms with E-state index < -0.39 is 66.3 Å². The molecular formula is C109H168Ge5N5+5. The zero-order valence-corrected chi connectivity index (χ0v) is 94.8. The average Bonchev–Trinajstić information content (AvgIpc) is 0.815. The van der Waals surface area contributed by atoms with Crippen LogP contribution in [0.3, 0.4) is 0 Å². The molecule has 0 saturated heterocycles. The van der Waals surface area contributed by atoms with Crippen molar-refractivity contribution in [2.75, 3.05) is 0 Å². The van der Waals surface area contributed by atoms with Crippen molar-refractivity contribution in [3.63, 3.8) is 0 Å². The molecule has 5 aromatic carbocycles. The Hall–Kier alpha value is -5.44. The number of hydrogen-bond acceptors (Lipinski definition) is 0. The summed E-state index contributed by atoms with van der Waals surface area (Å²) < 4.78 is 19.8. The maximum atomic E-state index is 2.51. The van der Waals surface area contributed by atoms with Crippen LogP contribution in [0.5, 0.6) is 0 Å². The molecule has 0 aliphatic rings. The van der Waals surface area contributed by atoms with Gasteiger partial charge in [-0.3, -0.25) is 0 Å². The number of benzene rings is 5. The Labute approximate surface area is 743 Å². The summed E-state index contributed by atoms with van der Waals surface area (Å²) in [6, 6.07) is 47.1. The molecule has 10 aromatic rings. The van der Waals surface area contributed by atoms with E-state index in [1.165, 1.54) is 140 Å². The van der Waals surface area contributed by atoms with Gasteiger partial charge in [-0.2, -0.15) is 0 Å². The van der Waals surface area contributed by atoms with E-state index in [2.05, 4.69) is 470 Å². The molecule has 0 radical (unpaired) electrons. The standard InChI is InChI=1S/2C23H36GeN.C22H34GeN.C21H32GeN.C20H30GeN/c1-16(2)20-15-25(10)22(14-21(20)24(7,8)9)19-13-18(23(4,5)6)12-11-17(19)3;1-16(2)12-19-11-10-18(5)20(13-19)23-14-22(24(6,7)8)21(17(3)4)15-25(23)9;1-15(2)18-11-10-17(5)19(12-18)22-13-21(23(6,7)8)20(16(3)4)14-24(22)9;1-15-12-17(21(3,4)5)10-11-18(15)20-13-19(22(6,7)8)16(2)14-23(20)9;1-14(2)18-13-22(8)20(12-19(18)21(5,6)7)17-11-15(3)9-10-16(17)4/h11-16H,1-10H3;10-11,13-17H,12H2,1-9H3;10-16H,1-9H3;10-14H,1-9H3;9-14H,1-8H3/q5*+1. The van der Waals surface area contributed by atoms with Gasteiger partial charge in [0, 0.05) is 0 Å². The minimum absolute atomic E-state index is 0.170. The minimum atomic E-state index is -1.95.